The second-order valence-electron chi connectivity index (χ2n) is 4.69. The Morgan fingerprint density at radius 2 is 1.74 bits per heavy atom. The number of anilines is 1. The van der Waals surface area contributed by atoms with Gasteiger partial charge in [-0.2, -0.15) is 0 Å². The SMILES string of the molecule is Cc1cccc(OCCCNc2ccccc2)c1C. The Kier molecular flexibility index (Phi) is 4.85. The lowest BCUT2D eigenvalue weighted by atomic mass is 10.1. The molecule has 0 unspecified atom stereocenters. The zero-order valence-electron chi connectivity index (χ0n) is 11.6. The Morgan fingerprint density at radius 3 is 2.53 bits per heavy atom. The molecule has 0 aliphatic rings. The number of hydrogen-bond acceptors (Lipinski definition) is 2. The first kappa shape index (κ1) is 13.5. The number of para-hydroxylation sites is 1. The highest BCUT2D eigenvalue weighted by Gasteiger charge is 2.00. The van der Waals surface area contributed by atoms with Gasteiger partial charge in [0, 0.05) is 12.2 Å². The molecule has 2 aromatic carbocycles. The average Bonchev–Trinajstić information content (AvgIpc) is 2.44. The van der Waals surface area contributed by atoms with Crippen molar-refractivity contribution in [1.29, 1.82) is 0 Å². The van der Waals surface area contributed by atoms with Crippen molar-refractivity contribution in [3.8, 4) is 5.75 Å². The van der Waals surface area contributed by atoms with Crippen LogP contribution in [0.5, 0.6) is 5.75 Å². The van der Waals surface area contributed by atoms with Crippen LogP contribution in [0, 0.1) is 13.8 Å². The van der Waals surface area contributed by atoms with Crippen LogP contribution in [0.15, 0.2) is 48.5 Å². The van der Waals surface area contributed by atoms with E-state index in [1.54, 1.807) is 0 Å². The molecule has 2 aromatic rings. The predicted octanol–water partition coefficient (Wildman–Crippen LogP) is 4.18. The van der Waals surface area contributed by atoms with Gasteiger partial charge in [-0.05, 0) is 49.6 Å². The summed E-state index contributed by atoms with van der Waals surface area (Å²) in [6.07, 6.45) is 0.988. The van der Waals surface area contributed by atoms with Crippen molar-refractivity contribution in [2.45, 2.75) is 20.3 Å². The summed E-state index contributed by atoms with van der Waals surface area (Å²) in [4.78, 5) is 0. The number of ether oxygens (including phenoxy) is 1. The van der Waals surface area contributed by atoms with Crippen molar-refractivity contribution in [3.05, 3.63) is 59.7 Å². The van der Waals surface area contributed by atoms with Crippen LogP contribution in [-0.4, -0.2) is 13.2 Å². The largest absolute Gasteiger partial charge is 0.493 e. The molecular formula is C17H21NO. The van der Waals surface area contributed by atoms with E-state index in [1.807, 2.05) is 30.3 Å². The summed E-state index contributed by atoms with van der Waals surface area (Å²) < 4.78 is 5.82. The summed E-state index contributed by atoms with van der Waals surface area (Å²) in [7, 11) is 0. The molecule has 1 N–H and O–H groups in total. The Labute approximate surface area is 115 Å². The summed E-state index contributed by atoms with van der Waals surface area (Å²) in [5, 5.41) is 3.38. The van der Waals surface area contributed by atoms with E-state index in [1.165, 1.54) is 11.1 Å². The quantitative estimate of drug-likeness (QED) is 0.782. The van der Waals surface area contributed by atoms with Crippen LogP contribution in [-0.2, 0) is 0 Å². The van der Waals surface area contributed by atoms with E-state index >= 15 is 0 Å². The first-order valence-electron chi connectivity index (χ1n) is 6.75. The first-order chi connectivity index (χ1) is 9.27. The Hall–Kier alpha value is -1.96. The van der Waals surface area contributed by atoms with Crippen molar-refractivity contribution >= 4 is 5.69 Å². The maximum atomic E-state index is 5.82. The van der Waals surface area contributed by atoms with Crippen LogP contribution in [0.25, 0.3) is 0 Å². The molecule has 0 radical (unpaired) electrons. The van der Waals surface area contributed by atoms with E-state index in [0.717, 1.165) is 31.0 Å². The molecule has 2 nitrogen and oxygen atoms in total. The van der Waals surface area contributed by atoms with Gasteiger partial charge in [-0.15, -0.1) is 0 Å². The van der Waals surface area contributed by atoms with Gasteiger partial charge in [0.15, 0.2) is 0 Å². The average molecular weight is 255 g/mol. The molecular weight excluding hydrogens is 234 g/mol. The van der Waals surface area contributed by atoms with Crippen molar-refractivity contribution in [3.63, 3.8) is 0 Å². The maximum absolute atomic E-state index is 5.82. The Balaban J connectivity index is 1.71. The zero-order valence-corrected chi connectivity index (χ0v) is 11.6. The minimum Gasteiger partial charge on any atom is -0.493 e. The van der Waals surface area contributed by atoms with Crippen LogP contribution in [0.1, 0.15) is 17.5 Å². The molecule has 0 bridgehead atoms. The number of hydrogen-bond donors (Lipinski definition) is 1. The number of nitrogens with one attached hydrogen (secondary N) is 1. The fourth-order valence-corrected chi connectivity index (χ4v) is 1.92. The van der Waals surface area contributed by atoms with E-state index in [0.29, 0.717) is 0 Å². The summed E-state index contributed by atoms with van der Waals surface area (Å²) in [6, 6.07) is 16.4. The molecule has 2 rings (SSSR count). The minimum absolute atomic E-state index is 0.740. The lowest BCUT2D eigenvalue weighted by Gasteiger charge is -2.11. The molecule has 0 atom stereocenters. The molecule has 0 saturated heterocycles. The number of aryl methyl sites for hydroxylation is 1. The van der Waals surface area contributed by atoms with Gasteiger partial charge in [0.25, 0.3) is 0 Å². The van der Waals surface area contributed by atoms with Gasteiger partial charge in [-0.3, -0.25) is 0 Å². The van der Waals surface area contributed by atoms with Crippen molar-refractivity contribution in [1.82, 2.24) is 0 Å². The minimum atomic E-state index is 0.740. The van der Waals surface area contributed by atoms with Gasteiger partial charge >= 0.3 is 0 Å². The van der Waals surface area contributed by atoms with Crippen LogP contribution in [0.2, 0.25) is 0 Å². The van der Waals surface area contributed by atoms with Gasteiger partial charge < -0.3 is 10.1 Å². The van der Waals surface area contributed by atoms with Gasteiger partial charge in [-0.25, -0.2) is 0 Å². The highest BCUT2D eigenvalue weighted by atomic mass is 16.5. The monoisotopic (exact) mass is 255 g/mol. The third kappa shape index (κ3) is 4.02. The highest BCUT2D eigenvalue weighted by molar-refractivity contribution is 5.42. The van der Waals surface area contributed by atoms with Crippen LogP contribution >= 0.6 is 0 Å². The van der Waals surface area contributed by atoms with Crippen molar-refractivity contribution in [2.75, 3.05) is 18.5 Å². The molecule has 0 saturated carbocycles. The molecule has 2 heteroatoms. The highest BCUT2D eigenvalue weighted by Crippen LogP contribution is 2.20. The van der Waals surface area contributed by atoms with Crippen molar-refractivity contribution < 1.29 is 4.74 Å². The van der Waals surface area contributed by atoms with Crippen LogP contribution in [0.4, 0.5) is 5.69 Å². The van der Waals surface area contributed by atoms with E-state index in [4.69, 9.17) is 4.74 Å². The summed E-state index contributed by atoms with van der Waals surface area (Å²) in [6.45, 7) is 5.88. The van der Waals surface area contributed by atoms with Gasteiger partial charge in [0.05, 0.1) is 6.61 Å². The molecule has 0 aliphatic carbocycles. The van der Waals surface area contributed by atoms with E-state index < -0.39 is 0 Å². The lowest BCUT2D eigenvalue weighted by molar-refractivity contribution is 0.312. The van der Waals surface area contributed by atoms with Crippen LogP contribution < -0.4 is 10.1 Å². The van der Waals surface area contributed by atoms with E-state index in [9.17, 15) is 0 Å². The fraction of sp³-hybridized carbons (Fsp3) is 0.294. The third-order valence-corrected chi connectivity index (χ3v) is 3.24. The zero-order chi connectivity index (χ0) is 13.5. The fourth-order valence-electron chi connectivity index (χ4n) is 1.92. The normalized spacial score (nSPS) is 10.2. The van der Waals surface area contributed by atoms with Crippen molar-refractivity contribution in [2.24, 2.45) is 0 Å². The predicted molar refractivity (Wildman–Crippen MR) is 81.0 cm³/mol. The van der Waals surface area contributed by atoms with E-state index in [-0.39, 0.29) is 0 Å². The Morgan fingerprint density at radius 1 is 0.947 bits per heavy atom. The summed E-state index contributed by atoms with van der Waals surface area (Å²) >= 11 is 0. The summed E-state index contributed by atoms with van der Waals surface area (Å²) in [5.74, 6) is 1.000. The molecule has 0 heterocycles. The second-order valence-corrected chi connectivity index (χ2v) is 4.69. The van der Waals surface area contributed by atoms with E-state index in [2.05, 4.69) is 37.4 Å². The Bertz CT molecular complexity index is 508. The molecule has 19 heavy (non-hydrogen) atoms. The number of rotatable bonds is 6. The van der Waals surface area contributed by atoms with Gasteiger partial charge in [-0.1, -0.05) is 30.3 Å². The molecule has 0 spiro atoms. The third-order valence-electron chi connectivity index (χ3n) is 3.24. The second kappa shape index (κ2) is 6.83. The molecule has 0 fully saturated rings. The first-order valence-corrected chi connectivity index (χ1v) is 6.75. The lowest BCUT2D eigenvalue weighted by Crippen LogP contribution is -2.07. The number of benzene rings is 2. The smallest absolute Gasteiger partial charge is 0.122 e. The topological polar surface area (TPSA) is 21.3 Å². The molecule has 100 valence electrons. The molecule has 0 aromatic heterocycles. The molecule has 0 amide bonds. The maximum Gasteiger partial charge on any atom is 0.122 e. The van der Waals surface area contributed by atoms with Gasteiger partial charge in [0.1, 0.15) is 5.75 Å². The van der Waals surface area contributed by atoms with Gasteiger partial charge in [0.2, 0.25) is 0 Å². The van der Waals surface area contributed by atoms with Crippen LogP contribution in [0.3, 0.4) is 0 Å². The summed E-state index contributed by atoms with van der Waals surface area (Å²) in [5.41, 5.74) is 3.67. The molecule has 0 aliphatic heterocycles. The standard InChI is InChI=1S/C17H21NO/c1-14-8-6-11-17(15(14)2)19-13-7-12-18-16-9-4-3-5-10-16/h3-6,8-11,18H,7,12-13H2,1-2H3.